The average Bonchev–Trinajstić information content (AvgIpc) is 2.94. The number of pyridine rings is 1. The average molecular weight is 393 g/mol. The molecule has 4 nitrogen and oxygen atoms in total. The summed E-state index contributed by atoms with van der Waals surface area (Å²) >= 11 is 9.05. The highest BCUT2D eigenvalue weighted by Gasteiger charge is 2.14. The molecule has 0 aliphatic heterocycles. The van der Waals surface area contributed by atoms with E-state index in [-0.39, 0.29) is 10.6 Å². The van der Waals surface area contributed by atoms with Crippen molar-refractivity contribution < 1.29 is 4.39 Å². The first-order valence-corrected chi connectivity index (χ1v) is 7.79. The van der Waals surface area contributed by atoms with Crippen molar-refractivity contribution in [3.63, 3.8) is 0 Å². The van der Waals surface area contributed by atoms with Gasteiger partial charge in [0.05, 0.1) is 43.3 Å². The highest BCUT2D eigenvalue weighted by atomic mass is 79.9. The van der Waals surface area contributed by atoms with Crippen LogP contribution in [0.1, 0.15) is 0 Å². The van der Waals surface area contributed by atoms with E-state index >= 15 is 0 Å². The summed E-state index contributed by atoms with van der Waals surface area (Å²) in [6.45, 7) is 0. The third-order valence-electron chi connectivity index (χ3n) is 3.64. The van der Waals surface area contributed by atoms with Crippen molar-refractivity contribution in [3.8, 4) is 11.4 Å². The molecule has 4 rings (SSSR count). The number of halogens is 3. The van der Waals surface area contributed by atoms with E-state index in [1.807, 2.05) is 24.3 Å². The lowest BCUT2D eigenvalue weighted by Gasteiger charge is -2.05. The van der Waals surface area contributed by atoms with Gasteiger partial charge in [0.15, 0.2) is 0 Å². The van der Waals surface area contributed by atoms with E-state index in [1.54, 1.807) is 6.07 Å². The van der Waals surface area contributed by atoms with E-state index in [0.29, 0.717) is 22.4 Å². The fourth-order valence-corrected chi connectivity index (χ4v) is 3.19. The van der Waals surface area contributed by atoms with E-state index in [0.717, 1.165) is 10.9 Å². The summed E-state index contributed by atoms with van der Waals surface area (Å²) in [4.78, 5) is 19.9. The number of H-pyrrole nitrogens is 1. The molecule has 0 saturated heterocycles. The first-order chi connectivity index (χ1) is 11.0. The number of imidazole rings is 1. The number of hydrogen-bond donors (Lipinski definition) is 1. The molecule has 0 bridgehead atoms. The maximum atomic E-state index is 13.6. The molecule has 0 saturated carbocycles. The van der Waals surface area contributed by atoms with Crippen LogP contribution in [0.3, 0.4) is 0 Å². The molecule has 0 amide bonds. The molecular formula is C16H8BrClFN3O. The number of fused-ring (bicyclic) bond motifs is 2. The number of benzene rings is 2. The van der Waals surface area contributed by atoms with E-state index in [2.05, 4.69) is 26.1 Å². The zero-order chi connectivity index (χ0) is 16.1. The number of para-hydroxylation sites is 1. The summed E-state index contributed by atoms with van der Waals surface area (Å²) in [7, 11) is 0. The zero-order valence-electron chi connectivity index (χ0n) is 11.5. The van der Waals surface area contributed by atoms with Gasteiger partial charge in [0.1, 0.15) is 11.6 Å². The van der Waals surface area contributed by atoms with Gasteiger partial charge in [0.25, 0.3) is 5.56 Å². The van der Waals surface area contributed by atoms with Crippen molar-refractivity contribution in [1.29, 1.82) is 0 Å². The van der Waals surface area contributed by atoms with Crippen molar-refractivity contribution >= 4 is 49.7 Å². The maximum absolute atomic E-state index is 13.6. The largest absolute Gasteiger partial charge is 0.338 e. The predicted molar refractivity (Wildman–Crippen MR) is 92.6 cm³/mol. The van der Waals surface area contributed by atoms with Gasteiger partial charge in [0.2, 0.25) is 0 Å². The van der Waals surface area contributed by atoms with Gasteiger partial charge in [-0.05, 0) is 18.2 Å². The van der Waals surface area contributed by atoms with Crippen molar-refractivity contribution in [1.82, 2.24) is 13.6 Å². The molecule has 0 aliphatic rings. The van der Waals surface area contributed by atoms with Crippen LogP contribution < -0.4 is 5.56 Å². The number of nitrogens with one attached hydrogen (secondary N) is 1. The number of nitrogens with zero attached hydrogens (tertiary/aromatic N) is 2. The minimum Gasteiger partial charge on any atom is -0.338 e. The molecular weight excluding hydrogens is 385 g/mol. The van der Waals surface area contributed by atoms with Crippen LogP contribution in [-0.4, -0.2) is 13.6 Å². The SMILES string of the molecule is O=c1c(-c2nc3cc(Cl)c(F)cc3[nH]2)cc2ccccc2n1Br. The summed E-state index contributed by atoms with van der Waals surface area (Å²) in [6.07, 6.45) is 0. The molecule has 4 aromatic rings. The number of hydrogen-bond acceptors (Lipinski definition) is 2. The van der Waals surface area contributed by atoms with Gasteiger partial charge < -0.3 is 4.98 Å². The molecule has 0 atom stereocenters. The Hall–Kier alpha value is -2.18. The lowest BCUT2D eigenvalue weighted by atomic mass is 10.1. The molecule has 2 heterocycles. The third-order valence-corrected chi connectivity index (χ3v) is 4.63. The third kappa shape index (κ3) is 2.26. The second-order valence-corrected chi connectivity index (χ2v) is 6.19. The second kappa shape index (κ2) is 5.18. The van der Waals surface area contributed by atoms with Crippen LogP contribution in [0.4, 0.5) is 4.39 Å². The van der Waals surface area contributed by atoms with Gasteiger partial charge in [-0.1, -0.05) is 29.8 Å². The molecule has 7 heteroatoms. The molecule has 0 aliphatic carbocycles. The Balaban J connectivity index is 2.02. The van der Waals surface area contributed by atoms with E-state index in [1.165, 1.54) is 15.7 Å². The summed E-state index contributed by atoms with van der Waals surface area (Å²) < 4.78 is 14.9. The van der Waals surface area contributed by atoms with Gasteiger partial charge in [-0.25, -0.2) is 13.0 Å². The Morgan fingerprint density at radius 3 is 2.83 bits per heavy atom. The second-order valence-electron chi connectivity index (χ2n) is 5.07. The Kier molecular flexibility index (Phi) is 3.25. The Morgan fingerprint density at radius 2 is 2.00 bits per heavy atom. The van der Waals surface area contributed by atoms with E-state index < -0.39 is 5.82 Å². The van der Waals surface area contributed by atoms with Crippen LogP contribution in [-0.2, 0) is 0 Å². The van der Waals surface area contributed by atoms with Crippen LogP contribution >= 0.6 is 27.7 Å². The lowest BCUT2D eigenvalue weighted by molar-refractivity contribution is 0.630. The minimum atomic E-state index is -0.536. The van der Waals surface area contributed by atoms with Gasteiger partial charge in [-0.3, -0.25) is 4.79 Å². The predicted octanol–water partition coefficient (Wildman–Crippen LogP) is 4.50. The number of aromatic nitrogens is 3. The van der Waals surface area contributed by atoms with Crippen LogP contribution in [0, 0.1) is 5.82 Å². The lowest BCUT2D eigenvalue weighted by Crippen LogP contribution is -2.15. The van der Waals surface area contributed by atoms with Crippen LogP contribution in [0.2, 0.25) is 5.02 Å². The van der Waals surface area contributed by atoms with Gasteiger partial charge in [0, 0.05) is 11.5 Å². The normalized spacial score (nSPS) is 11.4. The molecule has 2 aromatic heterocycles. The molecule has 114 valence electrons. The topological polar surface area (TPSA) is 50.7 Å². The summed E-state index contributed by atoms with van der Waals surface area (Å²) in [5.41, 5.74) is 1.87. The van der Waals surface area contributed by atoms with Gasteiger partial charge in [-0.2, -0.15) is 0 Å². The first-order valence-electron chi connectivity index (χ1n) is 6.70. The first kappa shape index (κ1) is 14.4. The molecule has 1 N–H and O–H groups in total. The maximum Gasteiger partial charge on any atom is 0.272 e. The summed E-state index contributed by atoms with van der Waals surface area (Å²) in [5.74, 6) is -0.170. The van der Waals surface area contributed by atoms with Crippen molar-refractivity contribution in [2.24, 2.45) is 0 Å². The molecule has 0 fully saturated rings. The van der Waals surface area contributed by atoms with Gasteiger partial charge in [-0.15, -0.1) is 0 Å². The van der Waals surface area contributed by atoms with Crippen LogP contribution in [0.5, 0.6) is 0 Å². The molecule has 2 aromatic carbocycles. The fourth-order valence-electron chi connectivity index (χ4n) is 2.52. The molecule has 0 unspecified atom stereocenters. The van der Waals surface area contributed by atoms with Crippen LogP contribution in [0.15, 0.2) is 47.3 Å². The fraction of sp³-hybridized carbons (Fsp3) is 0. The molecule has 0 radical (unpaired) electrons. The Bertz CT molecular complexity index is 1100. The zero-order valence-corrected chi connectivity index (χ0v) is 13.8. The number of rotatable bonds is 1. The highest BCUT2D eigenvalue weighted by Crippen LogP contribution is 2.25. The number of aromatic amines is 1. The van der Waals surface area contributed by atoms with E-state index in [4.69, 9.17) is 11.6 Å². The monoisotopic (exact) mass is 391 g/mol. The Morgan fingerprint density at radius 1 is 1.22 bits per heavy atom. The van der Waals surface area contributed by atoms with E-state index in [9.17, 15) is 9.18 Å². The van der Waals surface area contributed by atoms with Crippen molar-refractivity contribution in [2.45, 2.75) is 0 Å². The Labute approximate surface area is 142 Å². The summed E-state index contributed by atoms with van der Waals surface area (Å²) in [5, 5.41) is 0.871. The van der Waals surface area contributed by atoms with Crippen molar-refractivity contribution in [3.05, 3.63) is 63.7 Å². The summed E-state index contributed by atoms with van der Waals surface area (Å²) in [6, 6.07) is 11.9. The van der Waals surface area contributed by atoms with Crippen LogP contribution in [0.25, 0.3) is 33.3 Å². The van der Waals surface area contributed by atoms with Crippen molar-refractivity contribution in [2.75, 3.05) is 0 Å². The minimum absolute atomic E-state index is 0.00744. The molecule has 0 spiro atoms. The molecule has 23 heavy (non-hydrogen) atoms. The highest BCUT2D eigenvalue weighted by molar-refractivity contribution is 9.08. The standard InChI is InChI=1S/C16H8BrClFN3O/c17-22-14-4-2-1-3-8(14)5-9(16(22)23)15-20-12-6-10(18)11(19)7-13(12)21-15/h1-7H,(H,20,21). The van der Waals surface area contributed by atoms with Gasteiger partial charge >= 0.3 is 0 Å². The smallest absolute Gasteiger partial charge is 0.272 e. The quantitative estimate of drug-likeness (QED) is 0.519.